The molecular weight excluding hydrogens is 258 g/mol. The van der Waals surface area contributed by atoms with Crippen molar-refractivity contribution in [3.8, 4) is 0 Å². The van der Waals surface area contributed by atoms with E-state index in [0.29, 0.717) is 15.8 Å². The molecule has 0 amide bonds. The van der Waals surface area contributed by atoms with Crippen LogP contribution < -0.4 is 0 Å². The van der Waals surface area contributed by atoms with Crippen LogP contribution in [0.3, 0.4) is 0 Å². The molecule has 4 nitrogen and oxygen atoms in total. The quantitative estimate of drug-likeness (QED) is 0.829. The van der Waals surface area contributed by atoms with E-state index < -0.39 is 5.97 Å². The topological polar surface area (TPSA) is 59.4 Å². The van der Waals surface area contributed by atoms with Crippen molar-refractivity contribution >= 4 is 29.1 Å². The second-order valence-electron chi connectivity index (χ2n) is 3.65. The highest BCUT2D eigenvalue weighted by molar-refractivity contribution is 7.99. The second-order valence-corrected chi connectivity index (χ2v) is 6.16. The first-order chi connectivity index (χ1) is 8.08. The van der Waals surface area contributed by atoms with Gasteiger partial charge in [0.15, 0.2) is 0 Å². The highest BCUT2D eigenvalue weighted by Crippen LogP contribution is 2.26. The third-order valence-corrected chi connectivity index (χ3v) is 4.89. The van der Waals surface area contributed by atoms with Crippen LogP contribution in [-0.4, -0.2) is 28.4 Å². The Morgan fingerprint density at radius 1 is 1.65 bits per heavy atom. The number of aromatic nitrogens is 1. The lowest BCUT2D eigenvalue weighted by Crippen LogP contribution is -1.99. The van der Waals surface area contributed by atoms with E-state index in [-0.39, 0.29) is 6.61 Å². The summed E-state index contributed by atoms with van der Waals surface area (Å²) in [6.07, 6.45) is 1.10. The summed E-state index contributed by atoms with van der Waals surface area (Å²) in [5.74, 6) is -0.154. The Kier molecular flexibility index (Phi) is 5.94. The van der Waals surface area contributed by atoms with Crippen molar-refractivity contribution < 1.29 is 14.6 Å². The first-order valence-electron chi connectivity index (χ1n) is 5.40. The Hall–Kier alpha value is -0.590. The summed E-state index contributed by atoms with van der Waals surface area (Å²) in [7, 11) is 1.54. The third-order valence-electron chi connectivity index (χ3n) is 2.28. The number of carbonyl (C=O) groups is 1. The molecule has 0 aliphatic heterocycles. The highest BCUT2D eigenvalue weighted by atomic mass is 32.2. The van der Waals surface area contributed by atoms with Gasteiger partial charge in [0, 0.05) is 18.1 Å². The Morgan fingerprint density at radius 2 is 2.35 bits per heavy atom. The maximum atomic E-state index is 11.0. The molecule has 1 aromatic heterocycles. The summed E-state index contributed by atoms with van der Waals surface area (Å²) in [4.78, 5) is 15.6. The van der Waals surface area contributed by atoms with Crippen molar-refractivity contribution in [3.63, 3.8) is 0 Å². The lowest BCUT2D eigenvalue weighted by atomic mass is 10.4. The number of carboxylic acids is 1. The van der Waals surface area contributed by atoms with Gasteiger partial charge in [0.05, 0.1) is 12.3 Å². The van der Waals surface area contributed by atoms with Crippen molar-refractivity contribution in [1.29, 1.82) is 0 Å². The molecule has 0 aromatic carbocycles. The number of aromatic carboxylic acids is 1. The molecule has 1 unspecified atom stereocenters. The molecule has 0 fully saturated rings. The fourth-order valence-electron chi connectivity index (χ4n) is 1.20. The zero-order valence-corrected chi connectivity index (χ0v) is 11.9. The number of ether oxygens (including phenoxy) is 1. The molecule has 1 heterocycles. The molecule has 0 spiro atoms. The van der Waals surface area contributed by atoms with Crippen LogP contribution >= 0.6 is 23.1 Å². The van der Waals surface area contributed by atoms with Gasteiger partial charge in [-0.1, -0.05) is 13.8 Å². The van der Waals surface area contributed by atoms with E-state index in [4.69, 9.17) is 9.84 Å². The number of hydrogen-bond donors (Lipinski definition) is 1. The molecule has 96 valence electrons. The molecule has 0 saturated heterocycles. The lowest BCUT2D eigenvalue weighted by Gasteiger charge is -2.05. The Bertz CT molecular complexity index is 379. The van der Waals surface area contributed by atoms with Gasteiger partial charge in [-0.15, -0.1) is 11.3 Å². The first kappa shape index (κ1) is 14.5. The van der Waals surface area contributed by atoms with Crippen LogP contribution in [0.4, 0.5) is 0 Å². The minimum absolute atomic E-state index is 0.256. The lowest BCUT2D eigenvalue weighted by molar-refractivity contribution is 0.0697. The Balaban J connectivity index is 2.73. The van der Waals surface area contributed by atoms with Crippen LogP contribution in [-0.2, 0) is 17.1 Å². The molecule has 0 saturated carbocycles. The maximum absolute atomic E-state index is 11.0. The van der Waals surface area contributed by atoms with Crippen molar-refractivity contribution in [3.05, 3.63) is 15.6 Å². The minimum Gasteiger partial charge on any atom is -0.477 e. The minimum atomic E-state index is -0.922. The predicted octanol–water partition coefficient (Wildman–Crippen LogP) is 3.02. The molecule has 0 bridgehead atoms. The summed E-state index contributed by atoms with van der Waals surface area (Å²) in [6.45, 7) is 4.55. The van der Waals surface area contributed by atoms with Crippen molar-refractivity contribution in [2.24, 2.45) is 0 Å². The van der Waals surface area contributed by atoms with Gasteiger partial charge in [0.1, 0.15) is 9.88 Å². The maximum Gasteiger partial charge on any atom is 0.347 e. The van der Waals surface area contributed by atoms with Gasteiger partial charge in [-0.25, -0.2) is 9.78 Å². The molecule has 1 aromatic rings. The number of thiazole rings is 1. The van der Waals surface area contributed by atoms with Gasteiger partial charge in [0.25, 0.3) is 0 Å². The smallest absolute Gasteiger partial charge is 0.347 e. The molecule has 0 aliphatic carbocycles. The average molecular weight is 275 g/mol. The van der Waals surface area contributed by atoms with E-state index in [2.05, 4.69) is 18.8 Å². The summed E-state index contributed by atoms with van der Waals surface area (Å²) < 4.78 is 4.95. The first-order valence-corrected chi connectivity index (χ1v) is 7.27. The second kappa shape index (κ2) is 6.98. The number of carboxylic acid groups (broad SMARTS) is 1. The molecule has 17 heavy (non-hydrogen) atoms. The SMILES string of the molecule is CCC(C)SCc1nc(COC)c(C(=O)O)s1. The van der Waals surface area contributed by atoms with Gasteiger partial charge >= 0.3 is 5.97 Å². The van der Waals surface area contributed by atoms with Crippen LogP contribution in [0, 0.1) is 0 Å². The summed E-state index contributed by atoms with van der Waals surface area (Å²) in [5, 5.41) is 10.5. The van der Waals surface area contributed by atoms with Gasteiger partial charge in [0.2, 0.25) is 0 Å². The van der Waals surface area contributed by atoms with E-state index >= 15 is 0 Å². The largest absolute Gasteiger partial charge is 0.477 e. The van der Waals surface area contributed by atoms with Gasteiger partial charge < -0.3 is 9.84 Å². The van der Waals surface area contributed by atoms with Crippen LogP contribution in [0.5, 0.6) is 0 Å². The molecule has 1 N–H and O–H groups in total. The van der Waals surface area contributed by atoms with E-state index in [1.54, 1.807) is 18.9 Å². The van der Waals surface area contributed by atoms with Gasteiger partial charge in [-0.05, 0) is 6.42 Å². The number of methoxy groups -OCH3 is 1. The van der Waals surface area contributed by atoms with E-state index in [0.717, 1.165) is 17.2 Å². The van der Waals surface area contributed by atoms with Gasteiger partial charge in [-0.2, -0.15) is 11.8 Å². The predicted molar refractivity (Wildman–Crippen MR) is 70.8 cm³/mol. The molecule has 1 atom stereocenters. The summed E-state index contributed by atoms with van der Waals surface area (Å²) in [6, 6.07) is 0. The number of thioether (sulfide) groups is 1. The van der Waals surface area contributed by atoms with E-state index in [9.17, 15) is 4.79 Å². The zero-order valence-electron chi connectivity index (χ0n) is 10.2. The third kappa shape index (κ3) is 4.29. The molecule has 0 aliphatic rings. The van der Waals surface area contributed by atoms with Crippen LogP contribution in [0.15, 0.2) is 0 Å². The van der Waals surface area contributed by atoms with Crippen molar-refractivity contribution in [1.82, 2.24) is 4.98 Å². The van der Waals surface area contributed by atoms with Crippen LogP contribution in [0.2, 0.25) is 0 Å². The molecule has 0 radical (unpaired) electrons. The fourth-order valence-corrected chi connectivity index (χ4v) is 3.06. The molecule has 6 heteroatoms. The monoisotopic (exact) mass is 275 g/mol. The molecular formula is C11H17NO3S2. The summed E-state index contributed by atoms with van der Waals surface area (Å²) in [5.41, 5.74) is 0.532. The molecule has 1 rings (SSSR count). The normalized spacial score (nSPS) is 12.6. The average Bonchev–Trinajstić information content (AvgIpc) is 2.70. The van der Waals surface area contributed by atoms with E-state index in [1.807, 2.05) is 0 Å². The zero-order chi connectivity index (χ0) is 12.8. The van der Waals surface area contributed by atoms with E-state index in [1.165, 1.54) is 11.3 Å². The van der Waals surface area contributed by atoms with Crippen molar-refractivity contribution in [2.45, 2.75) is 37.9 Å². The van der Waals surface area contributed by atoms with Crippen molar-refractivity contribution in [2.75, 3.05) is 7.11 Å². The van der Waals surface area contributed by atoms with Crippen LogP contribution in [0.25, 0.3) is 0 Å². The number of hydrogen-bond acceptors (Lipinski definition) is 5. The number of rotatable bonds is 7. The highest BCUT2D eigenvalue weighted by Gasteiger charge is 2.17. The van der Waals surface area contributed by atoms with Gasteiger partial charge in [-0.3, -0.25) is 0 Å². The summed E-state index contributed by atoms with van der Waals surface area (Å²) >= 11 is 3.04. The Labute approximate surface area is 109 Å². The number of nitrogens with zero attached hydrogens (tertiary/aromatic N) is 1. The standard InChI is InChI=1S/C11H17NO3S2/c1-4-7(2)16-6-9-12-8(5-15-3)10(17-9)11(13)14/h7H,4-6H2,1-3H3,(H,13,14). The Morgan fingerprint density at radius 3 is 2.88 bits per heavy atom. The fraction of sp³-hybridized carbons (Fsp3) is 0.636. The van der Waals surface area contributed by atoms with Crippen LogP contribution in [0.1, 0.15) is 40.6 Å².